The number of unbranched alkanes of at least 4 members (excludes halogenated alkanes) is 1. The molecule has 1 unspecified atom stereocenters. The Balaban J connectivity index is 1.46. The van der Waals surface area contributed by atoms with Crippen LogP contribution in [-0.2, 0) is 4.79 Å². The van der Waals surface area contributed by atoms with Crippen LogP contribution in [0, 0.1) is 0 Å². The second-order valence-electron chi connectivity index (χ2n) is 8.83. The maximum Gasteiger partial charge on any atom is 0.255 e. The topological polar surface area (TPSA) is 76.7 Å². The van der Waals surface area contributed by atoms with Crippen LogP contribution in [0.1, 0.15) is 40.9 Å². The molecule has 2 amide bonds. The largest absolute Gasteiger partial charge is 0.497 e. The molecule has 0 aromatic heterocycles. The van der Waals surface area contributed by atoms with Crippen molar-refractivity contribution in [3.8, 4) is 11.5 Å². The molecule has 0 fully saturated rings. The zero-order chi connectivity index (χ0) is 27.5. The van der Waals surface area contributed by atoms with Gasteiger partial charge < -0.3 is 20.1 Å². The summed E-state index contributed by atoms with van der Waals surface area (Å²) < 4.78 is 10.9. The maximum absolute atomic E-state index is 13.5. The number of carbonyl (C=O) groups is 2. The number of carbonyl (C=O) groups excluding carboxylic acids is 2. The van der Waals surface area contributed by atoms with Gasteiger partial charge in [-0.2, -0.15) is 0 Å². The summed E-state index contributed by atoms with van der Waals surface area (Å²) in [5.41, 5.74) is 2.75. The molecule has 0 heterocycles. The predicted molar refractivity (Wildman–Crippen MR) is 158 cm³/mol. The normalized spacial score (nSPS) is 11.3. The molecule has 0 aliphatic carbocycles. The molecule has 0 spiro atoms. The fourth-order valence-electron chi connectivity index (χ4n) is 3.81. The summed E-state index contributed by atoms with van der Waals surface area (Å²) in [5.74, 6) is 1.10. The van der Waals surface area contributed by atoms with Gasteiger partial charge in [0.1, 0.15) is 16.7 Å². The zero-order valence-corrected chi connectivity index (χ0v) is 22.9. The molecule has 0 radical (unpaired) electrons. The summed E-state index contributed by atoms with van der Waals surface area (Å²) in [6, 6.07) is 31.5. The van der Waals surface area contributed by atoms with Gasteiger partial charge in [0, 0.05) is 21.8 Å². The molecule has 4 aromatic rings. The number of ether oxygens (including phenoxy) is 2. The van der Waals surface area contributed by atoms with Crippen LogP contribution in [0.4, 0.5) is 11.4 Å². The number of hydrogen-bond acceptors (Lipinski definition) is 5. The van der Waals surface area contributed by atoms with Gasteiger partial charge in [0.05, 0.1) is 13.7 Å². The van der Waals surface area contributed by atoms with E-state index in [2.05, 4.69) is 17.6 Å². The van der Waals surface area contributed by atoms with E-state index in [1.807, 2.05) is 78.9 Å². The van der Waals surface area contributed by atoms with E-state index in [1.54, 1.807) is 31.4 Å². The third-order valence-electron chi connectivity index (χ3n) is 5.93. The lowest BCUT2D eigenvalue weighted by Gasteiger charge is -2.18. The van der Waals surface area contributed by atoms with Crippen LogP contribution in [0.15, 0.2) is 108 Å². The van der Waals surface area contributed by atoms with Crippen molar-refractivity contribution < 1.29 is 19.1 Å². The second-order valence-corrected chi connectivity index (χ2v) is 10.0. The summed E-state index contributed by atoms with van der Waals surface area (Å²) in [6.45, 7) is 2.80. The molecule has 0 saturated carbocycles. The Morgan fingerprint density at radius 1 is 0.795 bits per heavy atom. The second kappa shape index (κ2) is 14.1. The first-order chi connectivity index (χ1) is 19.1. The summed E-state index contributed by atoms with van der Waals surface area (Å²) in [5, 5.41) is 5.47. The van der Waals surface area contributed by atoms with Crippen molar-refractivity contribution >= 4 is 35.0 Å². The molecular weight excluding hydrogens is 508 g/mol. The van der Waals surface area contributed by atoms with Crippen molar-refractivity contribution in [1.82, 2.24) is 0 Å². The molecule has 2 N–H and O–H groups in total. The van der Waals surface area contributed by atoms with E-state index in [1.165, 1.54) is 11.8 Å². The van der Waals surface area contributed by atoms with Crippen LogP contribution >= 0.6 is 11.8 Å². The number of amides is 2. The average Bonchev–Trinajstić information content (AvgIpc) is 2.97. The van der Waals surface area contributed by atoms with Crippen molar-refractivity contribution in [3.63, 3.8) is 0 Å². The Morgan fingerprint density at radius 3 is 2.21 bits per heavy atom. The van der Waals surface area contributed by atoms with Crippen LogP contribution in [0.3, 0.4) is 0 Å². The lowest BCUT2D eigenvalue weighted by molar-refractivity contribution is -0.115. The van der Waals surface area contributed by atoms with Gasteiger partial charge in [-0.15, -0.1) is 11.8 Å². The lowest BCUT2D eigenvalue weighted by Crippen LogP contribution is -2.19. The number of methoxy groups -OCH3 is 1. The Labute approximate surface area is 233 Å². The van der Waals surface area contributed by atoms with E-state index >= 15 is 0 Å². The van der Waals surface area contributed by atoms with E-state index in [0.717, 1.165) is 29.1 Å². The van der Waals surface area contributed by atoms with E-state index in [-0.39, 0.29) is 11.8 Å². The number of hydrogen-bond donors (Lipinski definition) is 2. The van der Waals surface area contributed by atoms with Crippen LogP contribution in [-0.4, -0.2) is 25.5 Å². The van der Waals surface area contributed by atoms with Gasteiger partial charge in [-0.25, -0.2) is 0 Å². The fourth-order valence-corrected chi connectivity index (χ4v) is 4.89. The zero-order valence-electron chi connectivity index (χ0n) is 22.1. The summed E-state index contributed by atoms with van der Waals surface area (Å²) >= 11 is 1.42. The van der Waals surface area contributed by atoms with E-state index < -0.39 is 5.25 Å². The molecule has 0 aliphatic heterocycles. The van der Waals surface area contributed by atoms with E-state index in [0.29, 0.717) is 29.3 Å². The minimum atomic E-state index is -0.501. The summed E-state index contributed by atoms with van der Waals surface area (Å²) in [7, 11) is 1.58. The number of rotatable bonds is 12. The van der Waals surface area contributed by atoms with Crippen LogP contribution < -0.4 is 20.1 Å². The fraction of sp³-hybridized carbons (Fsp3) is 0.188. The number of benzene rings is 4. The van der Waals surface area contributed by atoms with E-state index in [9.17, 15) is 9.59 Å². The molecule has 4 aromatic carbocycles. The lowest BCUT2D eigenvalue weighted by atomic mass is 10.1. The molecule has 6 nitrogen and oxygen atoms in total. The molecule has 0 saturated heterocycles. The van der Waals surface area contributed by atoms with Crippen molar-refractivity contribution in [2.75, 3.05) is 24.4 Å². The van der Waals surface area contributed by atoms with Gasteiger partial charge in [0.25, 0.3) is 5.91 Å². The monoisotopic (exact) mass is 540 g/mol. The molecule has 200 valence electrons. The molecule has 0 aliphatic rings. The van der Waals surface area contributed by atoms with Gasteiger partial charge in [0.15, 0.2) is 0 Å². The summed E-state index contributed by atoms with van der Waals surface area (Å²) in [6.07, 6.45) is 2.07. The third kappa shape index (κ3) is 8.12. The van der Waals surface area contributed by atoms with Gasteiger partial charge in [-0.3, -0.25) is 9.59 Å². The Kier molecular flexibility index (Phi) is 10.0. The minimum Gasteiger partial charge on any atom is -0.497 e. The van der Waals surface area contributed by atoms with Crippen LogP contribution in [0.25, 0.3) is 0 Å². The van der Waals surface area contributed by atoms with Gasteiger partial charge in [-0.1, -0.05) is 49.7 Å². The Morgan fingerprint density at radius 2 is 1.51 bits per heavy atom. The first kappa shape index (κ1) is 27.8. The highest BCUT2D eigenvalue weighted by atomic mass is 32.2. The standard InChI is InChI=1S/C32H32N2O4S/c1-3-4-21-38-28-19-15-25(16-20-28)33-32(36)30(23-9-6-5-7-10-23)39-29-12-8-11-26(22-29)34-31(35)24-13-17-27(37-2)18-14-24/h5-20,22,30H,3-4,21H2,1-2H3,(H,33,36)(H,34,35). The smallest absolute Gasteiger partial charge is 0.255 e. The molecule has 0 bridgehead atoms. The highest BCUT2D eigenvalue weighted by molar-refractivity contribution is 8.00. The number of thioether (sulfide) groups is 1. The molecule has 39 heavy (non-hydrogen) atoms. The molecule has 7 heteroatoms. The Hall–Kier alpha value is -4.23. The van der Waals surface area contributed by atoms with Crippen LogP contribution in [0.5, 0.6) is 11.5 Å². The first-order valence-electron chi connectivity index (χ1n) is 12.9. The summed E-state index contributed by atoms with van der Waals surface area (Å²) in [4.78, 5) is 27.1. The van der Waals surface area contributed by atoms with Crippen molar-refractivity contribution in [1.29, 1.82) is 0 Å². The highest BCUT2D eigenvalue weighted by Gasteiger charge is 2.22. The molecule has 4 rings (SSSR count). The number of nitrogens with one attached hydrogen (secondary N) is 2. The Bertz CT molecular complexity index is 1360. The van der Waals surface area contributed by atoms with Crippen molar-refractivity contribution in [2.45, 2.75) is 29.9 Å². The van der Waals surface area contributed by atoms with Crippen LogP contribution in [0.2, 0.25) is 0 Å². The van der Waals surface area contributed by atoms with Crippen molar-refractivity contribution in [2.24, 2.45) is 0 Å². The highest BCUT2D eigenvalue weighted by Crippen LogP contribution is 2.37. The quantitative estimate of drug-likeness (QED) is 0.143. The SMILES string of the molecule is CCCCOc1ccc(NC(=O)C(Sc2cccc(NC(=O)c3ccc(OC)cc3)c2)c2ccccc2)cc1. The molecular formula is C32H32N2O4S. The average molecular weight is 541 g/mol. The van der Waals surface area contributed by atoms with Gasteiger partial charge in [-0.05, 0) is 78.7 Å². The van der Waals surface area contributed by atoms with E-state index in [4.69, 9.17) is 9.47 Å². The van der Waals surface area contributed by atoms with Crippen molar-refractivity contribution in [3.05, 3.63) is 114 Å². The predicted octanol–water partition coefficient (Wildman–Crippen LogP) is 7.60. The third-order valence-corrected chi connectivity index (χ3v) is 7.18. The minimum absolute atomic E-state index is 0.140. The number of anilines is 2. The van der Waals surface area contributed by atoms with Gasteiger partial charge in [0.2, 0.25) is 5.91 Å². The maximum atomic E-state index is 13.5. The first-order valence-corrected chi connectivity index (χ1v) is 13.7. The van der Waals surface area contributed by atoms with Gasteiger partial charge >= 0.3 is 0 Å². The molecule has 1 atom stereocenters.